The predicted octanol–water partition coefficient (Wildman–Crippen LogP) is 3.95. The third kappa shape index (κ3) is 4.42. The summed E-state index contributed by atoms with van der Waals surface area (Å²) in [5, 5.41) is 12.1. The number of nitrogens with zero attached hydrogens (tertiary/aromatic N) is 4. The first kappa shape index (κ1) is 20.1. The van der Waals surface area contributed by atoms with E-state index >= 15 is 0 Å². The maximum Gasteiger partial charge on any atom is 0.233 e. The van der Waals surface area contributed by atoms with Crippen molar-refractivity contribution in [1.29, 1.82) is 0 Å². The van der Waals surface area contributed by atoms with E-state index < -0.39 is 0 Å². The molecule has 0 aliphatic carbocycles. The largest absolute Gasteiger partial charge is 0.353 e. The molecule has 0 saturated heterocycles. The SMILES string of the molecule is Cc1ccc(-n2c(S[C@@H](C)C(=O)NC(C)C)nnc2-c2ccccn2)c(C)c1. The number of carbonyl (C=O) groups is 1. The van der Waals surface area contributed by atoms with Gasteiger partial charge in [0.1, 0.15) is 5.69 Å². The number of hydrogen-bond acceptors (Lipinski definition) is 5. The average Bonchev–Trinajstić information content (AvgIpc) is 3.05. The van der Waals surface area contributed by atoms with Crippen LogP contribution in [0.15, 0.2) is 47.8 Å². The molecular formula is C21H25N5OS. The molecule has 0 fully saturated rings. The molecule has 146 valence electrons. The summed E-state index contributed by atoms with van der Waals surface area (Å²) in [5.41, 5.74) is 4.02. The minimum absolute atomic E-state index is 0.0189. The molecular weight excluding hydrogens is 370 g/mol. The van der Waals surface area contributed by atoms with Crippen LogP contribution >= 0.6 is 11.8 Å². The zero-order chi connectivity index (χ0) is 20.3. The van der Waals surface area contributed by atoms with E-state index in [0.29, 0.717) is 11.0 Å². The van der Waals surface area contributed by atoms with Crippen molar-refractivity contribution in [2.45, 2.75) is 51.1 Å². The van der Waals surface area contributed by atoms with Gasteiger partial charge in [0.25, 0.3) is 0 Å². The van der Waals surface area contributed by atoms with Crippen LogP contribution in [0.1, 0.15) is 31.9 Å². The molecule has 0 spiro atoms. The quantitative estimate of drug-likeness (QED) is 0.640. The van der Waals surface area contributed by atoms with E-state index in [1.54, 1.807) is 6.20 Å². The van der Waals surface area contributed by atoms with E-state index in [2.05, 4.69) is 52.5 Å². The third-order valence-corrected chi connectivity index (χ3v) is 5.25. The lowest BCUT2D eigenvalue weighted by molar-refractivity contribution is -0.120. The van der Waals surface area contributed by atoms with Gasteiger partial charge in [0.05, 0.1) is 10.9 Å². The van der Waals surface area contributed by atoms with E-state index in [-0.39, 0.29) is 17.2 Å². The second-order valence-corrected chi connectivity index (χ2v) is 8.38. The standard InChI is InChI=1S/C21H25N5OS/c1-13(2)23-20(27)16(5)28-21-25-24-19(17-8-6-7-11-22-17)26(21)18-10-9-14(3)12-15(18)4/h6-13,16H,1-5H3,(H,23,27)/t16-/m0/s1. The highest BCUT2D eigenvalue weighted by Gasteiger charge is 2.23. The normalized spacial score (nSPS) is 12.2. The molecule has 2 heterocycles. The van der Waals surface area contributed by atoms with Crippen LogP contribution in [0.25, 0.3) is 17.2 Å². The second kappa shape index (κ2) is 8.56. The monoisotopic (exact) mass is 395 g/mol. The van der Waals surface area contributed by atoms with Gasteiger partial charge >= 0.3 is 0 Å². The Kier molecular flexibility index (Phi) is 6.14. The number of amides is 1. The number of carbonyl (C=O) groups excluding carboxylic acids is 1. The summed E-state index contributed by atoms with van der Waals surface area (Å²) < 4.78 is 1.99. The van der Waals surface area contributed by atoms with Gasteiger partial charge in [-0.2, -0.15) is 0 Å². The molecule has 0 bridgehead atoms. The van der Waals surface area contributed by atoms with Crippen molar-refractivity contribution in [3.8, 4) is 17.2 Å². The van der Waals surface area contributed by atoms with Crippen molar-refractivity contribution in [3.63, 3.8) is 0 Å². The summed E-state index contributed by atoms with van der Waals surface area (Å²) >= 11 is 1.39. The number of aryl methyl sites for hydroxylation is 2. The molecule has 3 rings (SSSR count). The lowest BCUT2D eigenvalue weighted by Gasteiger charge is -2.16. The van der Waals surface area contributed by atoms with Gasteiger partial charge in [0.15, 0.2) is 11.0 Å². The Bertz CT molecular complexity index is 968. The smallest absolute Gasteiger partial charge is 0.233 e. The lowest BCUT2D eigenvalue weighted by Crippen LogP contribution is -2.36. The predicted molar refractivity (Wildman–Crippen MR) is 113 cm³/mol. The van der Waals surface area contributed by atoms with Crippen LogP contribution in [0, 0.1) is 13.8 Å². The minimum atomic E-state index is -0.298. The van der Waals surface area contributed by atoms with Gasteiger partial charge in [-0.25, -0.2) is 0 Å². The lowest BCUT2D eigenvalue weighted by atomic mass is 10.1. The van der Waals surface area contributed by atoms with Gasteiger partial charge in [-0.1, -0.05) is 35.5 Å². The first-order chi connectivity index (χ1) is 13.4. The van der Waals surface area contributed by atoms with Crippen molar-refractivity contribution in [2.24, 2.45) is 0 Å². The molecule has 2 aromatic heterocycles. The summed E-state index contributed by atoms with van der Waals surface area (Å²) in [5.74, 6) is 0.640. The topological polar surface area (TPSA) is 72.7 Å². The first-order valence-corrected chi connectivity index (χ1v) is 10.2. The number of benzene rings is 1. The Morgan fingerprint density at radius 3 is 2.54 bits per heavy atom. The fourth-order valence-corrected chi connectivity index (χ4v) is 3.76. The van der Waals surface area contributed by atoms with Gasteiger partial charge < -0.3 is 5.32 Å². The van der Waals surface area contributed by atoms with Gasteiger partial charge in [-0.3, -0.25) is 14.3 Å². The first-order valence-electron chi connectivity index (χ1n) is 9.28. The van der Waals surface area contributed by atoms with E-state index in [1.807, 2.05) is 43.5 Å². The highest BCUT2D eigenvalue weighted by molar-refractivity contribution is 8.00. The number of nitrogens with one attached hydrogen (secondary N) is 1. The molecule has 7 heteroatoms. The Morgan fingerprint density at radius 1 is 1.11 bits per heavy atom. The fourth-order valence-electron chi connectivity index (χ4n) is 2.89. The second-order valence-electron chi connectivity index (χ2n) is 7.07. The van der Waals surface area contributed by atoms with Crippen LogP contribution in [0.3, 0.4) is 0 Å². The molecule has 0 aliphatic heterocycles. The highest BCUT2D eigenvalue weighted by Crippen LogP contribution is 2.31. The number of aromatic nitrogens is 4. The zero-order valence-electron chi connectivity index (χ0n) is 16.8. The van der Waals surface area contributed by atoms with Crippen LogP contribution in [0.5, 0.6) is 0 Å². The highest BCUT2D eigenvalue weighted by atomic mass is 32.2. The Labute approximate surface area is 169 Å². The van der Waals surface area contributed by atoms with Crippen molar-refractivity contribution in [2.75, 3.05) is 0 Å². The van der Waals surface area contributed by atoms with Gasteiger partial charge in [-0.15, -0.1) is 10.2 Å². The molecule has 0 unspecified atom stereocenters. The van der Waals surface area contributed by atoms with Gasteiger partial charge in [0, 0.05) is 12.2 Å². The van der Waals surface area contributed by atoms with Gasteiger partial charge in [0.2, 0.25) is 5.91 Å². The third-order valence-electron chi connectivity index (χ3n) is 4.20. The van der Waals surface area contributed by atoms with Crippen LogP contribution in [0.4, 0.5) is 0 Å². The molecule has 6 nitrogen and oxygen atoms in total. The van der Waals surface area contributed by atoms with Crippen LogP contribution in [-0.2, 0) is 4.79 Å². The van der Waals surface area contributed by atoms with E-state index in [9.17, 15) is 4.79 Å². The van der Waals surface area contributed by atoms with Crippen LogP contribution < -0.4 is 5.32 Å². The van der Waals surface area contributed by atoms with Crippen molar-refractivity contribution < 1.29 is 4.79 Å². The summed E-state index contributed by atoms with van der Waals surface area (Å²) in [6.07, 6.45) is 1.74. The zero-order valence-corrected chi connectivity index (χ0v) is 17.6. The molecule has 1 N–H and O–H groups in total. The number of hydrogen-bond donors (Lipinski definition) is 1. The Morgan fingerprint density at radius 2 is 1.89 bits per heavy atom. The molecule has 28 heavy (non-hydrogen) atoms. The molecule has 1 atom stereocenters. The average molecular weight is 396 g/mol. The fraction of sp³-hybridized carbons (Fsp3) is 0.333. The summed E-state index contributed by atoms with van der Waals surface area (Å²) in [7, 11) is 0. The Balaban J connectivity index is 2.06. The van der Waals surface area contributed by atoms with Crippen LogP contribution in [-0.4, -0.2) is 36.9 Å². The molecule has 0 saturated carbocycles. The number of rotatable bonds is 6. The molecule has 0 radical (unpaired) electrons. The van der Waals surface area contributed by atoms with Crippen molar-refractivity contribution in [3.05, 3.63) is 53.7 Å². The molecule has 0 aliphatic rings. The van der Waals surface area contributed by atoms with E-state index in [4.69, 9.17) is 0 Å². The van der Waals surface area contributed by atoms with Crippen molar-refractivity contribution in [1.82, 2.24) is 25.1 Å². The van der Waals surface area contributed by atoms with Crippen LogP contribution in [0.2, 0.25) is 0 Å². The summed E-state index contributed by atoms with van der Waals surface area (Å²) in [6.45, 7) is 9.91. The van der Waals surface area contributed by atoms with E-state index in [1.165, 1.54) is 17.3 Å². The molecule has 1 aromatic carbocycles. The molecule has 1 amide bonds. The Hall–Kier alpha value is -2.67. The maximum absolute atomic E-state index is 12.4. The van der Waals surface area contributed by atoms with Gasteiger partial charge in [-0.05, 0) is 58.4 Å². The minimum Gasteiger partial charge on any atom is -0.353 e. The summed E-state index contributed by atoms with van der Waals surface area (Å²) in [4.78, 5) is 16.8. The molecule has 3 aromatic rings. The van der Waals surface area contributed by atoms with Crippen molar-refractivity contribution >= 4 is 17.7 Å². The van der Waals surface area contributed by atoms with E-state index in [0.717, 1.165) is 16.9 Å². The number of pyridine rings is 1. The number of thioether (sulfide) groups is 1. The maximum atomic E-state index is 12.4. The summed E-state index contributed by atoms with van der Waals surface area (Å²) in [6, 6.07) is 12.0.